The molecule has 0 unspecified atom stereocenters. The molecule has 2 aromatic heterocycles. The molecular formula is C27H32N4O2. The first-order chi connectivity index (χ1) is 16.2. The number of carbonyl (C=O) groups excluding carboxylic acids is 1. The van der Waals surface area contributed by atoms with E-state index in [9.17, 15) is 4.79 Å². The largest absolute Gasteiger partial charge is 0.494 e. The van der Waals surface area contributed by atoms with E-state index in [1.807, 2.05) is 54.4 Å². The van der Waals surface area contributed by atoms with Crippen LogP contribution in [-0.4, -0.2) is 38.9 Å². The van der Waals surface area contributed by atoms with Crippen molar-refractivity contribution in [2.45, 2.75) is 58.4 Å². The van der Waals surface area contributed by atoms with E-state index in [-0.39, 0.29) is 11.9 Å². The van der Waals surface area contributed by atoms with Crippen LogP contribution in [-0.2, 0) is 17.6 Å². The molecule has 3 aromatic rings. The summed E-state index contributed by atoms with van der Waals surface area (Å²) in [4.78, 5) is 29.3. The third-order valence-electron chi connectivity index (χ3n) is 6.06. The molecule has 4 rings (SSSR count). The van der Waals surface area contributed by atoms with Gasteiger partial charge in [0.1, 0.15) is 11.6 Å². The van der Waals surface area contributed by atoms with Crippen molar-refractivity contribution >= 4 is 5.91 Å². The molecule has 1 aliphatic heterocycles. The Kier molecular flexibility index (Phi) is 7.66. The number of hydrogen-bond donors (Lipinski definition) is 0. The number of amides is 1. The summed E-state index contributed by atoms with van der Waals surface area (Å²) in [6.07, 6.45) is 10.7. The van der Waals surface area contributed by atoms with Gasteiger partial charge in [-0.05, 0) is 68.0 Å². The van der Waals surface area contributed by atoms with E-state index in [0.717, 1.165) is 72.6 Å². The zero-order valence-corrected chi connectivity index (χ0v) is 19.5. The Bertz CT molecular complexity index is 1050. The quantitative estimate of drug-likeness (QED) is 0.478. The van der Waals surface area contributed by atoms with Crippen LogP contribution >= 0.6 is 0 Å². The number of likely N-dealkylation sites (tertiary alicyclic amines) is 1. The minimum Gasteiger partial charge on any atom is -0.494 e. The van der Waals surface area contributed by atoms with Crippen molar-refractivity contribution < 1.29 is 9.53 Å². The van der Waals surface area contributed by atoms with Crippen molar-refractivity contribution in [3.8, 4) is 16.9 Å². The molecule has 0 aliphatic carbocycles. The van der Waals surface area contributed by atoms with E-state index in [4.69, 9.17) is 9.72 Å². The van der Waals surface area contributed by atoms with Gasteiger partial charge in [0.25, 0.3) is 0 Å². The number of ether oxygens (including phenoxy) is 1. The number of hydrogen-bond acceptors (Lipinski definition) is 5. The van der Waals surface area contributed by atoms with Crippen LogP contribution in [0.25, 0.3) is 11.1 Å². The van der Waals surface area contributed by atoms with E-state index in [1.165, 1.54) is 0 Å². The first-order valence-electron chi connectivity index (χ1n) is 12.0. The number of rotatable bonds is 8. The normalized spacial score (nSPS) is 15.9. The summed E-state index contributed by atoms with van der Waals surface area (Å²) in [6, 6.07) is 11.7. The molecule has 1 saturated heterocycles. The molecule has 1 aliphatic rings. The van der Waals surface area contributed by atoms with Crippen LogP contribution in [0, 0.1) is 0 Å². The summed E-state index contributed by atoms with van der Waals surface area (Å²) < 4.78 is 5.53. The van der Waals surface area contributed by atoms with Crippen LogP contribution in [0.5, 0.6) is 5.75 Å². The van der Waals surface area contributed by atoms with Gasteiger partial charge in [0.2, 0.25) is 5.91 Å². The second-order valence-electron chi connectivity index (χ2n) is 8.42. The van der Waals surface area contributed by atoms with E-state index in [0.29, 0.717) is 13.0 Å². The van der Waals surface area contributed by atoms with Crippen molar-refractivity contribution in [3.63, 3.8) is 0 Å². The number of nitrogens with zero attached hydrogens (tertiary/aromatic N) is 4. The highest BCUT2D eigenvalue weighted by atomic mass is 16.5. The number of carbonyl (C=O) groups is 1. The maximum absolute atomic E-state index is 13.5. The van der Waals surface area contributed by atoms with Crippen molar-refractivity contribution in [1.82, 2.24) is 19.9 Å². The van der Waals surface area contributed by atoms with Crippen LogP contribution in [0.2, 0.25) is 0 Å². The zero-order valence-electron chi connectivity index (χ0n) is 19.5. The topological polar surface area (TPSA) is 68.2 Å². The Morgan fingerprint density at radius 1 is 1.09 bits per heavy atom. The van der Waals surface area contributed by atoms with Gasteiger partial charge >= 0.3 is 0 Å². The lowest BCUT2D eigenvalue weighted by Gasteiger charge is -2.36. The fraction of sp³-hybridized carbons (Fsp3) is 0.407. The number of aromatic nitrogens is 3. The van der Waals surface area contributed by atoms with Gasteiger partial charge in [-0.25, -0.2) is 9.97 Å². The second-order valence-corrected chi connectivity index (χ2v) is 8.42. The van der Waals surface area contributed by atoms with E-state index >= 15 is 0 Å². The van der Waals surface area contributed by atoms with Crippen molar-refractivity contribution in [2.75, 3.05) is 13.2 Å². The van der Waals surface area contributed by atoms with E-state index in [1.54, 1.807) is 12.4 Å². The first kappa shape index (κ1) is 22.9. The average molecular weight is 445 g/mol. The van der Waals surface area contributed by atoms with Crippen LogP contribution in [0.1, 0.15) is 62.7 Å². The average Bonchev–Trinajstić information content (AvgIpc) is 2.86. The SMILES string of the molecule is CCCc1ncc(-c2ccncc2)c([C@H]2CCCCN2C(=O)Cc2ccc(OCC)cc2)n1. The lowest BCUT2D eigenvalue weighted by Crippen LogP contribution is -2.40. The Morgan fingerprint density at radius 2 is 1.88 bits per heavy atom. The third-order valence-corrected chi connectivity index (χ3v) is 6.06. The minimum atomic E-state index is -0.0456. The van der Waals surface area contributed by atoms with Gasteiger partial charge < -0.3 is 9.64 Å². The molecule has 0 saturated carbocycles. The Morgan fingerprint density at radius 3 is 2.61 bits per heavy atom. The van der Waals surface area contributed by atoms with Gasteiger partial charge in [-0.1, -0.05) is 19.1 Å². The van der Waals surface area contributed by atoms with Crippen molar-refractivity contribution in [2.24, 2.45) is 0 Å². The number of benzene rings is 1. The highest BCUT2D eigenvalue weighted by molar-refractivity contribution is 5.80. The predicted octanol–water partition coefficient (Wildman–Crippen LogP) is 5.19. The summed E-state index contributed by atoms with van der Waals surface area (Å²) in [7, 11) is 0. The number of pyridine rings is 1. The molecule has 1 aromatic carbocycles. The summed E-state index contributed by atoms with van der Waals surface area (Å²) in [6.45, 7) is 5.48. The number of piperidine rings is 1. The van der Waals surface area contributed by atoms with Crippen LogP contribution in [0.15, 0.2) is 55.0 Å². The van der Waals surface area contributed by atoms with Crippen LogP contribution in [0.4, 0.5) is 0 Å². The molecule has 6 heteroatoms. The van der Waals surface area contributed by atoms with Gasteiger partial charge in [0.05, 0.1) is 24.8 Å². The maximum atomic E-state index is 13.5. The molecular weight excluding hydrogens is 412 g/mol. The van der Waals surface area contributed by atoms with Gasteiger partial charge in [0.15, 0.2) is 0 Å². The fourth-order valence-electron chi connectivity index (χ4n) is 4.45. The number of aryl methyl sites for hydroxylation is 1. The van der Waals surface area contributed by atoms with Gasteiger partial charge in [-0.2, -0.15) is 0 Å². The fourth-order valence-corrected chi connectivity index (χ4v) is 4.45. The van der Waals surface area contributed by atoms with Crippen LogP contribution < -0.4 is 4.74 Å². The van der Waals surface area contributed by atoms with E-state index in [2.05, 4.69) is 16.9 Å². The van der Waals surface area contributed by atoms with Crippen molar-refractivity contribution in [1.29, 1.82) is 0 Å². The maximum Gasteiger partial charge on any atom is 0.227 e. The molecule has 6 nitrogen and oxygen atoms in total. The van der Waals surface area contributed by atoms with Gasteiger partial charge in [-0.3, -0.25) is 9.78 Å². The molecule has 172 valence electrons. The summed E-state index contributed by atoms with van der Waals surface area (Å²) >= 11 is 0. The lowest BCUT2D eigenvalue weighted by atomic mass is 9.93. The molecule has 1 atom stereocenters. The standard InChI is InChI=1S/C27H32N4O2/c1-3-7-25-29-19-23(21-13-15-28-16-14-21)27(30-25)24-8-5-6-17-31(24)26(32)18-20-9-11-22(12-10-20)33-4-2/h9-16,19,24H,3-8,17-18H2,1-2H3/t24-/m1/s1. The predicted molar refractivity (Wildman–Crippen MR) is 129 cm³/mol. The van der Waals surface area contributed by atoms with Crippen LogP contribution in [0.3, 0.4) is 0 Å². The van der Waals surface area contributed by atoms with Crippen molar-refractivity contribution in [3.05, 3.63) is 72.1 Å². The lowest BCUT2D eigenvalue weighted by molar-refractivity contribution is -0.134. The minimum absolute atomic E-state index is 0.0456. The zero-order chi connectivity index (χ0) is 23.0. The molecule has 0 radical (unpaired) electrons. The first-order valence-corrected chi connectivity index (χ1v) is 12.0. The molecule has 0 bridgehead atoms. The third kappa shape index (κ3) is 5.56. The van der Waals surface area contributed by atoms with E-state index < -0.39 is 0 Å². The monoisotopic (exact) mass is 444 g/mol. The smallest absolute Gasteiger partial charge is 0.227 e. The Labute approximate surface area is 196 Å². The van der Waals surface area contributed by atoms with Gasteiger partial charge in [0, 0.05) is 37.1 Å². The second kappa shape index (κ2) is 11.0. The highest BCUT2D eigenvalue weighted by Crippen LogP contribution is 2.36. The highest BCUT2D eigenvalue weighted by Gasteiger charge is 2.31. The summed E-state index contributed by atoms with van der Waals surface area (Å²) in [5.74, 6) is 1.81. The summed E-state index contributed by atoms with van der Waals surface area (Å²) in [5, 5.41) is 0. The van der Waals surface area contributed by atoms with Gasteiger partial charge in [-0.15, -0.1) is 0 Å². The summed E-state index contributed by atoms with van der Waals surface area (Å²) in [5.41, 5.74) is 3.98. The Hall–Kier alpha value is -3.28. The molecule has 1 amide bonds. The molecule has 1 fully saturated rings. The molecule has 33 heavy (non-hydrogen) atoms. The molecule has 3 heterocycles. The Balaban J connectivity index is 1.63. The molecule has 0 N–H and O–H groups in total. The molecule has 0 spiro atoms.